The van der Waals surface area contributed by atoms with Crippen molar-refractivity contribution in [1.82, 2.24) is 14.3 Å². The third-order valence-electron chi connectivity index (χ3n) is 3.05. The SMILES string of the molecule is O=C(NS(=O)(=O)c1ccccc1Cl)c1nc(Cl)n(CCC(F)(F)F)c1Cl. The number of alkyl halides is 3. The van der Waals surface area contributed by atoms with Crippen LogP contribution in [-0.2, 0) is 16.6 Å². The molecule has 0 unspecified atom stereocenters. The van der Waals surface area contributed by atoms with Gasteiger partial charge in [0.15, 0.2) is 5.69 Å². The molecule has 1 amide bonds. The highest BCUT2D eigenvalue weighted by atomic mass is 35.5. The van der Waals surface area contributed by atoms with Crippen molar-refractivity contribution < 1.29 is 26.4 Å². The summed E-state index contributed by atoms with van der Waals surface area (Å²) in [6, 6.07) is 5.34. The number of aromatic nitrogens is 2. The Kier molecular flexibility index (Phi) is 6.11. The molecule has 0 radical (unpaired) electrons. The molecular formula is C13H9Cl3F3N3O3S. The van der Waals surface area contributed by atoms with E-state index in [1.54, 1.807) is 4.72 Å². The fourth-order valence-electron chi connectivity index (χ4n) is 1.87. The Hall–Kier alpha value is -1.49. The average Bonchev–Trinajstić information content (AvgIpc) is 2.79. The molecule has 26 heavy (non-hydrogen) atoms. The van der Waals surface area contributed by atoms with Crippen LogP contribution >= 0.6 is 34.8 Å². The molecule has 1 aromatic carbocycles. The van der Waals surface area contributed by atoms with Crippen LogP contribution in [0, 0.1) is 0 Å². The molecule has 0 aliphatic heterocycles. The fourth-order valence-corrected chi connectivity index (χ4v) is 3.93. The van der Waals surface area contributed by atoms with Crippen LogP contribution in [0.4, 0.5) is 13.2 Å². The second-order valence-corrected chi connectivity index (χ2v) is 7.66. The molecule has 2 rings (SSSR count). The van der Waals surface area contributed by atoms with E-state index in [0.717, 1.165) is 10.6 Å². The summed E-state index contributed by atoms with van der Waals surface area (Å²) in [5.41, 5.74) is -0.630. The van der Waals surface area contributed by atoms with Crippen LogP contribution in [0.3, 0.4) is 0 Å². The first-order valence-corrected chi connectivity index (χ1v) is 9.34. The summed E-state index contributed by atoms with van der Waals surface area (Å²) in [6.45, 7) is -0.682. The van der Waals surface area contributed by atoms with Crippen molar-refractivity contribution >= 4 is 50.7 Å². The van der Waals surface area contributed by atoms with Gasteiger partial charge in [-0.1, -0.05) is 35.3 Å². The van der Waals surface area contributed by atoms with Crippen molar-refractivity contribution in [2.45, 2.75) is 24.0 Å². The van der Waals surface area contributed by atoms with Crippen LogP contribution in [0.15, 0.2) is 29.2 Å². The van der Waals surface area contributed by atoms with E-state index in [4.69, 9.17) is 34.8 Å². The Morgan fingerprint density at radius 2 is 1.81 bits per heavy atom. The predicted molar refractivity (Wildman–Crippen MR) is 89.0 cm³/mol. The zero-order valence-corrected chi connectivity index (χ0v) is 15.6. The molecule has 0 saturated carbocycles. The predicted octanol–water partition coefficient (Wildman–Crippen LogP) is 3.91. The summed E-state index contributed by atoms with van der Waals surface area (Å²) in [5, 5.41) is -1.14. The summed E-state index contributed by atoms with van der Waals surface area (Å²) >= 11 is 17.3. The van der Waals surface area contributed by atoms with Crippen molar-refractivity contribution in [1.29, 1.82) is 0 Å². The highest BCUT2D eigenvalue weighted by Crippen LogP contribution is 2.27. The second-order valence-electron chi connectivity index (χ2n) is 4.90. The van der Waals surface area contributed by atoms with Crippen LogP contribution in [-0.4, -0.2) is 30.1 Å². The van der Waals surface area contributed by atoms with Crippen LogP contribution in [0.25, 0.3) is 0 Å². The zero-order chi connectivity index (χ0) is 19.7. The highest BCUT2D eigenvalue weighted by Gasteiger charge is 2.30. The number of carbonyl (C=O) groups is 1. The van der Waals surface area contributed by atoms with Gasteiger partial charge in [-0.15, -0.1) is 0 Å². The molecule has 0 fully saturated rings. The van der Waals surface area contributed by atoms with Gasteiger partial charge < -0.3 is 4.57 Å². The van der Waals surface area contributed by atoms with Gasteiger partial charge in [-0.3, -0.25) is 4.79 Å². The van der Waals surface area contributed by atoms with Crippen molar-refractivity contribution in [3.63, 3.8) is 0 Å². The number of nitrogens with one attached hydrogen (secondary N) is 1. The molecule has 13 heteroatoms. The Morgan fingerprint density at radius 1 is 1.19 bits per heavy atom. The number of sulfonamides is 1. The molecular weight excluding hydrogens is 442 g/mol. The number of rotatable bonds is 5. The van der Waals surface area contributed by atoms with E-state index in [9.17, 15) is 26.4 Å². The maximum atomic E-state index is 12.3. The molecule has 0 saturated heterocycles. The van der Waals surface area contributed by atoms with Gasteiger partial charge in [0.25, 0.3) is 15.9 Å². The molecule has 1 aromatic heterocycles. The molecule has 1 N–H and O–H groups in total. The molecule has 0 bridgehead atoms. The zero-order valence-electron chi connectivity index (χ0n) is 12.5. The number of halogens is 6. The third kappa shape index (κ3) is 4.81. The van der Waals surface area contributed by atoms with Gasteiger partial charge in [-0.2, -0.15) is 13.2 Å². The van der Waals surface area contributed by atoms with Crippen molar-refractivity contribution in [2.24, 2.45) is 0 Å². The molecule has 0 aliphatic carbocycles. The van der Waals surface area contributed by atoms with E-state index < -0.39 is 51.2 Å². The van der Waals surface area contributed by atoms with Gasteiger partial charge in [0.2, 0.25) is 5.28 Å². The van der Waals surface area contributed by atoms with E-state index in [-0.39, 0.29) is 9.92 Å². The summed E-state index contributed by atoms with van der Waals surface area (Å²) in [4.78, 5) is 15.3. The van der Waals surface area contributed by atoms with E-state index >= 15 is 0 Å². The Bertz CT molecular complexity index is 945. The van der Waals surface area contributed by atoms with E-state index in [0.29, 0.717) is 0 Å². The Morgan fingerprint density at radius 3 is 2.38 bits per heavy atom. The number of amides is 1. The maximum Gasteiger partial charge on any atom is 0.390 e. The lowest BCUT2D eigenvalue weighted by atomic mass is 10.4. The second kappa shape index (κ2) is 7.63. The molecule has 0 aliphatic rings. The van der Waals surface area contributed by atoms with Gasteiger partial charge in [-0.05, 0) is 23.7 Å². The standard InChI is InChI=1S/C13H9Cl3F3N3O3S/c14-7-3-1-2-4-8(7)26(24,25)21-11(23)9-10(15)22(12(16)20-9)6-5-13(17,18)19/h1-4H,5-6H2,(H,21,23). The minimum atomic E-state index is -4.48. The topological polar surface area (TPSA) is 81.1 Å². The van der Waals surface area contributed by atoms with Crippen molar-refractivity contribution in [3.05, 3.63) is 45.4 Å². The van der Waals surface area contributed by atoms with Crippen LogP contribution in [0.5, 0.6) is 0 Å². The van der Waals surface area contributed by atoms with Crippen LogP contribution in [0.2, 0.25) is 15.5 Å². The van der Waals surface area contributed by atoms with Gasteiger partial charge in [0.05, 0.1) is 11.4 Å². The molecule has 142 valence electrons. The first-order chi connectivity index (χ1) is 11.9. The first-order valence-electron chi connectivity index (χ1n) is 6.72. The van der Waals surface area contributed by atoms with Gasteiger partial charge in [0, 0.05) is 6.54 Å². The normalized spacial score (nSPS) is 12.2. The molecule has 2 aromatic rings. The van der Waals surface area contributed by atoms with Crippen LogP contribution < -0.4 is 4.72 Å². The molecule has 1 heterocycles. The number of imidazole rings is 1. The minimum Gasteiger partial charge on any atom is -0.305 e. The van der Waals surface area contributed by atoms with Gasteiger partial charge >= 0.3 is 6.18 Å². The lowest BCUT2D eigenvalue weighted by molar-refractivity contribution is -0.136. The number of nitrogens with zero attached hydrogens (tertiary/aromatic N) is 2. The number of carbonyl (C=O) groups excluding carboxylic acids is 1. The Balaban J connectivity index is 2.27. The smallest absolute Gasteiger partial charge is 0.305 e. The largest absolute Gasteiger partial charge is 0.390 e. The maximum absolute atomic E-state index is 12.3. The quantitative estimate of drug-likeness (QED) is 0.749. The molecule has 0 atom stereocenters. The summed E-state index contributed by atoms with van der Waals surface area (Å²) in [7, 11) is -4.36. The van der Waals surface area contributed by atoms with E-state index in [1.807, 2.05) is 0 Å². The monoisotopic (exact) mass is 449 g/mol. The number of hydrogen-bond donors (Lipinski definition) is 1. The van der Waals surface area contributed by atoms with Crippen molar-refractivity contribution in [3.8, 4) is 0 Å². The van der Waals surface area contributed by atoms with Gasteiger partial charge in [0.1, 0.15) is 10.0 Å². The summed E-state index contributed by atoms with van der Waals surface area (Å²) in [6.07, 6.45) is -5.74. The van der Waals surface area contributed by atoms with Crippen molar-refractivity contribution in [2.75, 3.05) is 0 Å². The van der Waals surface area contributed by atoms with Crippen LogP contribution in [0.1, 0.15) is 16.9 Å². The summed E-state index contributed by atoms with van der Waals surface area (Å²) < 4.78 is 63.9. The van der Waals surface area contributed by atoms with Gasteiger partial charge in [-0.25, -0.2) is 18.1 Å². The number of benzene rings is 1. The highest BCUT2D eigenvalue weighted by molar-refractivity contribution is 7.90. The Labute approximate surface area is 160 Å². The molecule has 6 nitrogen and oxygen atoms in total. The fraction of sp³-hybridized carbons (Fsp3) is 0.231. The average molecular weight is 451 g/mol. The third-order valence-corrected chi connectivity index (χ3v) is 5.55. The van der Waals surface area contributed by atoms with E-state index in [1.165, 1.54) is 18.2 Å². The lowest BCUT2D eigenvalue weighted by Gasteiger charge is -2.09. The minimum absolute atomic E-state index is 0.132. The summed E-state index contributed by atoms with van der Waals surface area (Å²) in [5.74, 6) is -1.26. The number of hydrogen-bond acceptors (Lipinski definition) is 4. The van der Waals surface area contributed by atoms with E-state index in [2.05, 4.69) is 4.98 Å². The molecule has 0 spiro atoms. The first kappa shape index (κ1) is 20.8. The lowest BCUT2D eigenvalue weighted by Crippen LogP contribution is -2.31.